The van der Waals surface area contributed by atoms with E-state index in [0.717, 1.165) is 25.6 Å². The van der Waals surface area contributed by atoms with E-state index in [9.17, 15) is 0 Å². The van der Waals surface area contributed by atoms with Gasteiger partial charge in [0.05, 0.1) is 6.10 Å². The van der Waals surface area contributed by atoms with Crippen molar-refractivity contribution in [2.75, 3.05) is 32.8 Å². The van der Waals surface area contributed by atoms with Crippen LogP contribution in [0.15, 0.2) is 0 Å². The molecule has 2 rings (SSSR count). The molecule has 0 bridgehead atoms. The van der Waals surface area contributed by atoms with Gasteiger partial charge in [-0.1, -0.05) is 13.8 Å². The predicted octanol–water partition coefficient (Wildman–Crippen LogP) is 1.78. The summed E-state index contributed by atoms with van der Waals surface area (Å²) in [4.78, 5) is 0. The van der Waals surface area contributed by atoms with Crippen molar-refractivity contribution in [1.29, 1.82) is 0 Å². The highest BCUT2D eigenvalue weighted by Gasteiger charge is 2.36. The second-order valence-corrected chi connectivity index (χ2v) is 6.04. The molecule has 2 N–H and O–H groups in total. The molecule has 0 aliphatic carbocycles. The smallest absolute Gasteiger partial charge is 0.0588 e. The van der Waals surface area contributed by atoms with Crippen molar-refractivity contribution >= 4 is 0 Å². The van der Waals surface area contributed by atoms with Gasteiger partial charge >= 0.3 is 0 Å². The van der Waals surface area contributed by atoms with Gasteiger partial charge < -0.3 is 15.4 Å². The minimum atomic E-state index is 0.483. The fourth-order valence-corrected chi connectivity index (χ4v) is 3.08. The summed E-state index contributed by atoms with van der Waals surface area (Å²) in [5, 5.41) is 7.17. The molecule has 17 heavy (non-hydrogen) atoms. The highest BCUT2D eigenvalue weighted by atomic mass is 16.5. The van der Waals surface area contributed by atoms with Crippen LogP contribution in [0.3, 0.4) is 0 Å². The van der Waals surface area contributed by atoms with E-state index in [0.29, 0.717) is 11.5 Å². The zero-order chi connectivity index (χ0) is 12.1. The Balaban J connectivity index is 1.65. The van der Waals surface area contributed by atoms with Crippen LogP contribution in [0.25, 0.3) is 0 Å². The van der Waals surface area contributed by atoms with Crippen molar-refractivity contribution in [3.63, 3.8) is 0 Å². The maximum Gasteiger partial charge on any atom is 0.0588 e. The van der Waals surface area contributed by atoms with Crippen LogP contribution in [0.1, 0.15) is 39.5 Å². The second-order valence-electron chi connectivity index (χ2n) is 6.04. The Labute approximate surface area is 106 Å². The largest absolute Gasteiger partial charge is 0.378 e. The molecule has 2 heterocycles. The molecule has 3 heteroatoms. The molecule has 0 amide bonds. The molecule has 0 spiro atoms. The molecule has 2 aliphatic rings. The minimum Gasteiger partial charge on any atom is -0.378 e. The molecular formula is C14H28N2O. The SMILES string of the molecule is CC(C)C1(CNCCC2CCCO2)CCNC1. The van der Waals surface area contributed by atoms with Gasteiger partial charge in [-0.3, -0.25) is 0 Å². The Morgan fingerprint density at radius 2 is 2.35 bits per heavy atom. The van der Waals surface area contributed by atoms with E-state index in [1.54, 1.807) is 0 Å². The van der Waals surface area contributed by atoms with Crippen LogP contribution >= 0.6 is 0 Å². The number of rotatable bonds is 6. The van der Waals surface area contributed by atoms with Crippen molar-refractivity contribution < 1.29 is 4.74 Å². The molecule has 2 saturated heterocycles. The summed E-state index contributed by atoms with van der Waals surface area (Å²) in [5.41, 5.74) is 0.483. The van der Waals surface area contributed by atoms with Gasteiger partial charge in [0.2, 0.25) is 0 Å². The standard InChI is InChI=1S/C14H28N2O/c1-12(2)14(6-8-16-11-14)10-15-7-5-13-4-3-9-17-13/h12-13,15-16H,3-11H2,1-2H3. The zero-order valence-electron chi connectivity index (χ0n) is 11.4. The van der Waals surface area contributed by atoms with Crippen LogP contribution in [0, 0.1) is 11.3 Å². The quantitative estimate of drug-likeness (QED) is 0.694. The lowest BCUT2D eigenvalue weighted by Crippen LogP contribution is -2.41. The summed E-state index contributed by atoms with van der Waals surface area (Å²) in [5.74, 6) is 0.757. The van der Waals surface area contributed by atoms with E-state index in [-0.39, 0.29) is 0 Å². The first-order valence-electron chi connectivity index (χ1n) is 7.26. The molecule has 3 nitrogen and oxygen atoms in total. The Bertz CT molecular complexity index is 218. The third kappa shape index (κ3) is 3.43. The van der Waals surface area contributed by atoms with Crippen LogP contribution in [0.4, 0.5) is 0 Å². The number of nitrogens with one attached hydrogen (secondary N) is 2. The van der Waals surface area contributed by atoms with Crippen molar-refractivity contribution in [3.8, 4) is 0 Å². The first-order valence-corrected chi connectivity index (χ1v) is 7.26. The van der Waals surface area contributed by atoms with E-state index in [1.807, 2.05) is 0 Å². The molecule has 2 unspecified atom stereocenters. The summed E-state index contributed by atoms with van der Waals surface area (Å²) in [7, 11) is 0. The molecule has 0 saturated carbocycles. The Hall–Kier alpha value is -0.120. The molecule has 2 fully saturated rings. The van der Waals surface area contributed by atoms with Gasteiger partial charge in [-0.15, -0.1) is 0 Å². The summed E-state index contributed by atoms with van der Waals surface area (Å²) < 4.78 is 5.65. The first-order chi connectivity index (χ1) is 8.23. The fraction of sp³-hybridized carbons (Fsp3) is 1.00. The Morgan fingerprint density at radius 1 is 1.47 bits per heavy atom. The van der Waals surface area contributed by atoms with E-state index < -0.39 is 0 Å². The molecule has 100 valence electrons. The molecule has 0 aromatic heterocycles. The van der Waals surface area contributed by atoms with Gasteiger partial charge in [-0.2, -0.15) is 0 Å². The average Bonchev–Trinajstić information content (AvgIpc) is 2.96. The third-order valence-corrected chi connectivity index (χ3v) is 4.65. The first kappa shape index (κ1) is 13.3. The van der Waals surface area contributed by atoms with Crippen LogP contribution < -0.4 is 10.6 Å². The van der Waals surface area contributed by atoms with Gasteiger partial charge in [0.15, 0.2) is 0 Å². The van der Waals surface area contributed by atoms with Crippen LogP contribution in [-0.4, -0.2) is 38.9 Å². The lowest BCUT2D eigenvalue weighted by Gasteiger charge is -2.33. The second kappa shape index (κ2) is 6.17. The van der Waals surface area contributed by atoms with Crippen molar-refractivity contribution in [3.05, 3.63) is 0 Å². The van der Waals surface area contributed by atoms with Gasteiger partial charge in [-0.25, -0.2) is 0 Å². The van der Waals surface area contributed by atoms with Crippen LogP contribution in [0.2, 0.25) is 0 Å². The highest BCUT2D eigenvalue weighted by Crippen LogP contribution is 2.33. The lowest BCUT2D eigenvalue weighted by molar-refractivity contribution is 0.102. The number of hydrogen-bond acceptors (Lipinski definition) is 3. The monoisotopic (exact) mass is 240 g/mol. The predicted molar refractivity (Wildman–Crippen MR) is 71.2 cm³/mol. The normalized spacial score (nSPS) is 33.7. The maximum absolute atomic E-state index is 5.65. The number of hydrogen-bond donors (Lipinski definition) is 2. The van der Waals surface area contributed by atoms with E-state index >= 15 is 0 Å². The van der Waals surface area contributed by atoms with Crippen molar-refractivity contribution in [2.24, 2.45) is 11.3 Å². The van der Waals surface area contributed by atoms with Crippen LogP contribution in [-0.2, 0) is 4.74 Å². The van der Waals surface area contributed by atoms with E-state index in [2.05, 4.69) is 24.5 Å². The van der Waals surface area contributed by atoms with Crippen LogP contribution in [0.5, 0.6) is 0 Å². The topological polar surface area (TPSA) is 33.3 Å². The van der Waals surface area contributed by atoms with E-state index in [1.165, 1.54) is 38.8 Å². The maximum atomic E-state index is 5.65. The summed E-state index contributed by atoms with van der Waals surface area (Å²) in [6, 6.07) is 0. The van der Waals surface area contributed by atoms with Gasteiger partial charge in [-0.05, 0) is 50.1 Å². The van der Waals surface area contributed by atoms with Gasteiger partial charge in [0.1, 0.15) is 0 Å². The molecule has 0 aromatic carbocycles. The van der Waals surface area contributed by atoms with Gasteiger partial charge in [0.25, 0.3) is 0 Å². The van der Waals surface area contributed by atoms with Crippen molar-refractivity contribution in [1.82, 2.24) is 10.6 Å². The molecule has 0 aromatic rings. The lowest BCUT2D eigenvalue weighted by atomic mass is 9.76. The molecular weight excluding hydrogens is 212 g/mol. The average molecular weight is 240 g/mol. The highest BCUT2D eigenvalue weighted by molar-refractivity contribution is 4.92. The van der Waals surface area contributed by atoms with Gasteiger partial charge in [0, 0.05) is 19.7 Å². The summed E-state index contributed by atoms with van der Waals surface area (Å²) in [6.45, 7) is 10.3. The summed E-state index contributed by atoms with van der Waals surface area (Å²) in [6.07, 6.45) is 5.54. The third-order valence-electron chi connectivity index (χ3n) is 4.65. The van der Waals surface area contributed by atoms with E-state index in [4.69, 9.17) is 4.74 Å². The number of ether oxygens (including phenoxy) is 1. The molecule has 2 atom stereocenters. The van der Waals surface area contributed by atoms with Crippen molar-refractivity contribution in [2.45, 2.75) is 45.6 Å². The Morgan fingerprint density at radius 3 is 2.94 bits per heavy atom. The Kier molecular flexibility index (Phi) is 4.83. The molecule has 0 radical (unpaired) electrons. The fourth-order valence-electron chi connectivity index (χ4n) is 3.08. The molecule has 2 aliphatic heterocycles. The zero-order valence-corrected chi connectivity index (χ0v) is 11.4. The minimum absolute atomic E-state index is 0.483. The summed E-state index contributed by atoms with van der Waals surface area (Å²) >= 11 is 0.